The maximum Gasteiger partial charge on any atom is 0.494 e. The van der Waals surface area contributed by atoms with Crippen LogP contribution in [0, 0.1) is 5.92 Å². The Labute approximate surface area is 218 Å². The number of imidazole rings is 1. The van der Waals surface area contributed by atoms with E-state index in [1.807, 2.05) is 0 Å². The van der Waals surface area contributed by atoms with Gasteiger partial charge >= 0.3 is 7.12 Å². The van der Waals surface area contributed by atoms with Crippen LogP contribution in [0.2, 0.25) is 0 Å². The topological polar surface area (TPSA) is 65.6 Å². The van der Waals surface area contributed by atoms with Crippen LogP contribution < -0.4 is 10.2 Å². The second-order valence-corrected chi connectivity index (χ2v) is 11.6. The molecule has 1 atom stereocenters. The fraction of sp³-hybridized carbons (Fsp3) is 0.433. The van der Waals surface area contributed by atoms with E-state index in [1.165, 1.54) is 10.9 Å². The van der Waals surface area contributed by atoms with E-state index >= 15 is 0 Å². The second kappa shape index (κ2) is 8.86. The van der Waals surface area contributed by atoms with Crippen molar-refractivity contribution in [3.05, 3.63) is 53.9 Å². The van der Waals surface area contributed by atoms with E-state index in [4.69, 9.17) is 23.8 Å². The summed E-state index contributed by atoms with van der Waals surface area (Å²) in [6, 6.07) is 15.1. The standard InChI is InChI=1S/C30H35BN2O4/c1-18(16-34-6)7-12-27-32-25-11-8-19-14-24-22-10-9-21(31-36-29(2,3)30(4,5)37-31)13-20(22)17-35-26(24)15-23(19)28(25)33-27/h8-11,13-15,18H,7,12,16-17H2,1-6H3,(H,32,33)/t18-/m1/s1. The lowest BCUT2D eigenvalue weighted by atomic mass is 9.77. The van der Waals surface area contributed by atoms with Crippen LogP contribution in [0.25, 0.3) is 32.9 Å². The van der Waals surface area contributed by atoms with Gasteiger partial charge in [-0.15, -0.1) is 0 Å². The van der Waals surface area contributed by atoms with Crippen LogP contribution in [0.3, 0.4) is 0 Å². The molecule has 2 aliphatic heterocycles. The summed E-state index contributed by atoms with van der Waals surface area (Å²) in [7, 11) is 1.37. The number of ether oxygens (including phenoxy) is 2. The smallest absolute Gasteiger partial charge is 0.488 e. The summed E-state index contributed by atoms with van der Waals surface area (Å²) >= 11 is 0. The van der Waals surface area contributed by atoms with Crippen molar-refractivity contribution in [2.45, 2.75) is 65.3 Å². The Balaban J connectivity index is 1.32. The normalized spacial score (nSPS) is 18.6. The van der Waals surface area contributed by atoms with E-state index in [0.29, 0.717) is 12.5 Å². The van der Waals surface area contributed by atoms with E-state index in [9.17, 15) is 0 Å². The number of hydrogen-bond acceptors (Lipinski definition) is 5. The van der Waals surface area contributed by atoms with Crippen molar-refractivity contribution >= 4 is 34.4 Å². The van der Waals surface area contributed by atoms with Crippen LogP contribution >= 0.6 is 0 Å². The van der Waals surface area contributed by atoms with Gasteiger partial charge in [-0.05, 0) is 80.2 Å². The molecule has 6 nitrogen and oxygen atoms in total. The number of nitrogens with one attached hydrogen (secondary N) is 1. The maximum absolute atomic E-state index is 6.29. The number of fused-ring (bicyclic) bond motifs is 6. The monoisotopic (exact) mass is 498 g/mol. The summed E-state index contributed by atoms with van der Waals surface area (Å²) in [6.45, 7) is 11.8. The van der Waals surface area contributed by atoms with Gasteiger partial charge in [-0.25, -0.2) is 4.98 Å². The quantitative estimate of drug-likeness (QED) is 0.341. The molecule has 0 radical (unpaired) electrons. The minimum absolute atomic E-state index is 0.365. The minimum atomic E-state index is -0.381. The van der Waals surface area contributed by atoms with Crippen molar-refractivity contribution in [3.63, 3.8) is 0 Å². The fourth-order valence-electron chi connectivity index (χ4n) is 5.36. The molecule has 0 saturated carbocycles. The summed E-state index contributed by atoms with van der Waals surface area (Å²) in [5.74, 6) is 2.42. The van der Waals surface area contributed by atoms with Crippen molar-refractivity contribution in [1.82, 2.24) is 9.97 Å². The van der Waals surface area contributed by atoms with E-state index < -0.39 is 0 Å². The lowest BCUT2D eigenvalue weighted by molar-refractivity contribution is 0.00578. The van der Waals surface area contributed by atoms with Gasteiger partial charge in [0.05, 0.1) is 22.2 Å². The number of aromatic nitrogens is 2. The van der Waals surface area contributed by atoms with Crippen molar-refractivity contribution in [1.29, 1.82) is 0 Å². The SMILES string of the molecule is COC[C@H](C)CCc1nc2ccc3cc4c(cc3c2[nH]1)OCc1cc(B2OC(C)(C)C(C)(C)O2)ccc1-4. The number of H-pyrrole nitrogens is 1. The molecule has 7 heteroatoms. The zero-order chi connectivity index (χ0) is 25.9. The lowest BCUT2D eigenvalue weighted by Crippen LogP contribution is -2.41. The van der Waals surface area contributed by atoms with Gasteiger partial charge in [0.15, 0.2) is 0 Å². The highest BCUT2D eigenvalue weighted by molar-refractivity contribution is 6.62. The molecule has 4 aromatic rings. The Morgan fingerprint density at radius 1 is 1.03 bits per heavy atom. The molecule has 0 unspecified atom stereocenters. The average molecular weight is 498 g/mol. The van der Waals surface area contributed by atoms with Crippen LogP contribution in [-0.2, 0) is 27.1 Å². The molecule has 3 heterocycles. The number of methoxy groups -OCH3 is 1. The molecule has 1 fully saturated rings. The van der Waals surface area contributed by atoms with Gasteiger partial charge in [-0.2, -0.15) is 0 Å². The molecule has 6 rings (SSSR count). The van der Waals surface area contributed by atoms with E-state index in [-0.39, 0.29) is 18.3 Å². The molecule has 0 spiro atoms. The minimum Gasteiger partial charge on any atom is -0.488 e. The van der Waals surface area contributed by atoms with Crippen LogP contribution in [0.1, 0.15) is 52.4 Å². The third-order valence-corrected chi connectivity index (χ3v) is 8.28. The first-order valence-corrected chi connectivity index (χ1v) is 13.2. The highest BCUT2D eigenvalue weighted by Gasteiger charge is 2.51. The molecule has 2 aliphatic rings. The van der Waals surface area contributed by atoms with E-state index in [0.717, 1.165) is 64.0 Å². The van der Waals surface area contributed by atoms with Gasteiger partial charge in [-0.1, -0.05) is 31.2 Å². The van der Waals surface area contributed by atoms with Gasteiger partial charge in [0.25, 0.3) is 0 Å². The summed E-state index contributed by atoms with van der Waals surface area (Å²) in [5.41, 5.74) is 5.81. The first-order valence-electron chi connectivity index (χ1n) is 13.2. The second-order valence-electron chi connectivity index (χ2n) is 11.6. The Morgan fingerprint density at radius 3 is 2.57 bits per heavy atom. The Morgan fingerprint density at radius 2 is 1.81 bits per heavy atom. The van der Waals surface area contributed by atoms with Gasteiger partial charge in [0.1, 0.15) is 18.2 Å². The molecule has 0 bridgehead atoms. The number of aryl methyl sites for hydroxylation is 1. The first-order chi connectivity index (χ1) is 17.6. The molecule has 192 valence electrons. The van der Waals surface area contributed by atoms with Gasteiger partial charge in [0.2, 0.25) is 0 Å². The summed E-state index contributed by atoms with van der Waals surface area (Å²) in [4.78, 5) is 8.43. The molecule has 1 saturated heterocycles. The zero-order valence-corrected chi connectivity index (χ0v) is 22.6. The van der Waals surface area contributed by atoms with Crippen LogP contribution in [0.5, 0.6) is 5.75 Å². The highest BCUT2D eigenvalue weighted by Crippen LogP contribution is 2.42. The third kappa shape index (κ3) is 4.23. The highest BCUT2D eigenvalue weighted by atomic mass is 16.7. The van der Waals surface area contributed by atoms with E-state index in [1.54, 1.807) is 7.11 Å². The van der Waals surface area contributed by atoms with Gasteiger partial charge < -0.3 is 23.8 Å². The number of nitrogens with zero attached hydrogens (tertiary/aromatic N) is 1. The van der Waals surface area contributed by atoms with Crippen molar-refractivity contribution in [2.24, 2.45) is 5.92 Å². The Hall–Kier alpha value is -2.87. The number of hydrogen-bond donors (Lipinski definition) is 1. The Kier molecular flexibility index (Phi) is 5.86. The lowest BCUT2D eigenvalue weighted by Gasteiger charge is -2.32. The van der Waals surface area contributed by atoms with Crippen LogP contribution in [-0.4, -0.2) is 42.0 Å². The molecule has 37 heavy (non-hydrogen) atoms. The molecule has 3 aromatic carbocycles. The first kappa shape index (κ1) is 24.5. The zero-order valence-electron chi connectivity index (χ0n) is 22.6. The third-order valence-electron chi connectivity index (χ3n) is 8.28. The van der Waals surface area contributed by atoms with Crippen LogP contribution in [0.15, 0.2) is 42.5 Å². The predicted octanol–water partition coefficient (Wildman–Crippen LogP) is 5.79. The molecule has 0 amide bonds. The molecule has 1 aromatic heterocycles. The fourth-order valence-corrected chi connectivity index (χ4v) is 5.36. The average Bonchev–Trinajstić information content (AvgIpc) is 3.38. The molecular formula is C30H35BN2O4. The molecule has 0 aliphatic carbocycles. The van der Waals surface area contributed by atoms with Gasteiger partial charge in [-0.3, -0.25) is 0 Å². The van der Waals surface area contributed by atoms with Crippen molar-refractivity contribution < 1.29 is 18.8 Å². The van der Waals surface area contributed by atoms with Crippen LogP contribution in [0.4, 0.5) is 0 Å². The maximum atomic E-state index is 6.29. The summed E-state index contributed by atoms with van der Waals surface area (Å²) in [5, 5.41) is 2.30. The van der Waals surface area contributed by atoms with Crippen molar-refractivity contribution in [2.75, 3.05) is 13.7 Å². The predicted molar refractivity (Wildman–Crippen MR) is 148 cm³/mol. The number of rotatable bonds is 6. The number of aromatic amines is 1. The molecular weight excluding hydrogens is 463 g/mol. The molecule has 1 N–H and O–H groups in total. The summed E-state index contributed by atoms with van der Waals surface area (Å²) < 4.78 is 24.1. The van der Waals surface area contributed by atoms with E-state index in [2.05, 4.69) is 82.1 Å². The van der Waals surface area contributed by atoms with Crippen molar-refractivity contribution in [3.8, 4) is 16.9 Å². The Bertz CT molecular complexity index is 1480. The summed E-state index contributed by atoms with van der Waals surface area (Å²) in [6.07, 6.45) is 1.94. The largest absolute Gasteiger partial charge is 0.494 e. The van der Waals surface area contributed by atoms with Gasteiger partial charge in [0, 0.05) is 31.1 Å². The number of benzene rings is 3.